The predicted octanol–water partition coefficient (Wildman–Crippen LogP) is 2.09. The van der Waals surface area contributed by atoms with Gasteiger partial charge in [-0.3, -0.25) is 4.79 Å². The Hall–Kier alpha value is -1.57. The van der Waals surface area contributed by atoms with Crippen molar-refractivity contribution < 1.29 is 4.79 Å². The standard InChI is InChI=1S/C12H13NO/c14-12(7-10-13-8-4-9-13)11-5-2-1-3-6-11/h1-3,5-7,10H,4,8-9H2/b10-7+. The zero-order chi connectivity index (χ0) is 9.80. The molecule has 0 N–H and O–H groups in total. The van der Waals surface area contributed by atoms with E-state index < -0.39 is 0 Å². The smallest absolute Gasteiger partial charge is 0.187 e. The molecule has 0 saturated carbocycles. The molecule has 0 radical (unpaired) electrons. The van der Waals surface area contributed by atoms with Crippen molar-refractivity contribution in [1.29, 1.82) is 0 Å². The van der Waals surface area contributed by atoms with E-state index in [4.69, 9.17) is 0 Å². The van der Waals surface area contributed by atoms with Gasteiger partial charge in [0.05, 0.1) is 0 Å². The molecule has 1 aliphatic heterocycles. The Morgan fingerprint density at radius 1 is 1.21 bits per heavy atom. The lowest BCUT2D eigenvalue weighted by atomic mass is 10.1. The lowest BCUT2D eigenvalue weighted by molar-refractivity contribution is 0.104. The number of hydrogen-bond donors (Lipinski definition) is 0. The Bertz CT molecular complexity index is 339. The molecule has 0 bridgehead atoms. The molecule has 1 aromatic carbocycles. The Labute approximate surface area is 83.8 Å². The van der Waals surface area contributed by atoms with Crippen molar-refractivity contribution in [2.45, 2.75) is 6.42 Å². The zero-order valence-corrected chi connectivity index (χ0v) is 8.02. The molecule has 14 heavy (non-hydrogen) atoms. The first kappa shape index (κ1) is 9.00. The number of likely N-dealkylation sites (tertiary alicyclic amines) is 1. The minimum atomic E-state index is 0.0810. The molecule has 2 heteroatoms. The number of allylic oxidation sites excluding steroid dienone is 1. The van der Waals surface area contributed by atoms with E-state index in [9.17, 15) is 4.79 Å². The Morgan fingerprint density at radius 2 is 1.93 bits per heavy atom. The highest BCUT2D eigenvalue weighted by Crippen LogP contribution is 2.07. The summed E-state index contributed by atoms with van der Waals surface area (Å²) in [5.74, 6) is 0.0810. The predicted molar refractivity (Wildman–Crippen MR) is 56.1 cm³/mol. The quantitative estimate of drug-likeness (QED) is 0.533. The molecular weight excluding hydrogens is 174 g/mol. The first-order valence-electron chi connectivity index (χ1n) is 4.88. The Kier molecular flexibility index (Phi) is 2.63. The van der Waals surface area contributed by atoms with E-state index in [-0.39, 0.29) is 5.78 Å². The minimum absolute atomic E-state index is 0.0810. The van der Waals surface area contributed by atoms with Crippen LogP contribution in [0, 0.1) is 0 Å². The molecule has 0 spiro atoms. The maximum Gasteiger partial charge on any atom is 0.187 e. The summed E-state index contributed by atoms with van der Waals surface area (Å²) < 4.78 is 0. The van der Waals surface area contributed by atoms with Crippen molar-refractivity contribution in [3.8, 4) is 0 Å². The molecule has 0 amide bonds. The molecule has 0 aromatic heterocycles. The Morgan fingerprint density at radius 3 is 2.50 bits per heavy atom. The fourth-order valence-electron chi connectivity index (χ4n) is 1.36. The van der Waals surface area contributed by atoms with E-state index in [1.165, 1.54) is 6.42 Å². The minimum Gasteiger partial charge on any atom is -0.377 e. The molecule has 0 unspecified atom stereocenters. The van der Waals surface area contributed by atoms with Crippen molar-refractivity contribution in [3.05, 3.63) is 48.2 Å². The third-order valence-corrected chi connectivity index (χ3v) is 2.39. The molecule has 72 valence electrons. The van der Waals surface area contributed by atoms with Gasteiger partial charge in [0.2, 0.25) is 0 Å². The number of carbonyl (C=O) groups is 1. The first-order valence-corrected chi connectivity index (χ1v) is 4.88. The van der Waals surface area contributed by atoms with E-state index in [1.54, 1.807) is 6.08 Å². The summed E-state index contributed by atoms with van der Waals surface area (Å²) in [7, 11) is 0. The molecule has 0 atom stereocenters. The van der Waals surface area contributed by atoms with Gasteiger partial charge in [-0.1, -0.05) is 30.3 Å². The zero-order valence-electron chi connectivity index (χ0n) is 8.02. The molecule has 2 nitrogen and oxygen atoms in total. The van der Waals surface area contributed by atoms with Crippen LogP contribution in [0.4, 0.5) is 0 Å². The lowest BCUT2D eigenvalue weighted by Crippen LogP contribution is -2.32. The third-order valence-electron chi connectivity index (χ3n) is 2.39. The maximum atomic E-state index is 11.6. The van der Waals surface area contributed by atoms with Gasteiger partial charge in [-0.05, 0) is 6.42 Å². The summed E-state index contributed by atoms with van der Waals surface area (Å²) in [6, 6.07) is 9.34. The van der Waals surface area contributed by atoms with Gasteiger partial charge in [-0.25, -0.2) is 0 Å². The topological polar surface area (TPSA) is 20.3 Å². The van der Waals surface area contributed by atoms with E-state index in [2.05, 4.69) is 4.90 Å². The van der Waals surface area contributed by atoms with E-state index in [1.807, 2.05) is 36.5 Å². The summed E-state index contributed by atoms with van der Waals surface area (Å²) in [5, 5.41) is 0. The molecule has 1 aromatic rings. The normalized spacial score (nSPS) is 15.6. The molecular formula is C12H13NO. The van der Waals surface area contributed by atoms with Crippen LogP contribution in [0.3, 0.4) is 0 Å². The average Bonchev–Trinajstić information content (AvgIpc) is 2.16. The first-order chi connectivity index (χ1) is 6.86. The fourth-order valence-corrected chi connectivity index (χ4v) is 1.36. The number of hydrogen-bond acceptors (Lipinski definition) is 2. The largest absolute Gasteiger partial charge is 0.377 e. The van der Waals surface area contributed by atoms with Crippen molar-refractivity contribution in [2.24, 2.45) is 0 Å². The van der Waals surface area contributed by atoms with Crippen LogP contribution in [0.15, 0.2) is 42.6 Å². The monoisotopic (exact) mass is 187 g/mol. The van der Waals surface area contributed by atoms with Crippen LogP contribution in [-0.2, 0) is 0 Å². The highest BCUT2D eigenvalue weighted by atomic mass is 16.1. The van der Waals surface area contributed by atoms with Gasteiger partial charge < -0.3 is 4.90 Å². The summed E-state index contributed by atoms with van der Waals surface area (Å²) in [6.07, 6.45) is 4.77. The van der Waals surface area contributed by atoms with Crippen molar-refractivity contribution in [2.75, 3.05) is 13.1 Å². The molecule has 1 heterocycles. The maximum absolute atomic E-state index is 11.6. The molecule has 2 rings (SSSR count). The number of rotatable bonds is 3. The van der Waals surface area contributed by atoms with Gasteiger partial charge in [-0.2, -0.15) is 0 Å². The van der Waals surface area contributed by atoms with Crippen molar-refractivity contribution in [3.63, 3.8) is 0 Å². The second-order valence-corrected chi connectivity index (χ2v) is 3.44. The van der Waals surface area contributed by atoms with E-state index in [0.29, 0.717) is 0 Å². The van der Waals surface area contributed by atoms with Gasteiger partial charge in [0, 0.05) is 30.9 Å². The number of carbonyl (C=O) groups excluding carboxylic acids is 1. The van der Waals surface area contributed by atoms with Gasteiger partial charge in [0.1, 0.15) is 0 Å². The highest BCUT2D eigenvalue weighted by molar-refractivity contribution is 6.04. The number of nitrogens with zero attached hydrogens (tertiary/aromatic N) is 1. The van der Waals surface area contributed by atoms with Crippen molar-refractivity contribution >= 4 is 5.78 Å². The van der Waals surface area contributed by atoms with Crippen molar-refractivity contribution in [1.82, 2.24) is 4.90 Å². The second-order valence-electron chi connectivity index (χ2n) is 3.44. The van der Waals surface area contributed by atoms with Gasteiger partial charge >= 0.3 is 0 Å². The number of ketones is 1. The summed E-state index contributed by atoms with van der Waals surface area (Å²) in [4.78, 5) is 13.7. The van der Waals surface area contributed by atoms with E-state index in [0.717, 1.165) is 18.7 Å². The second kappa shape index (κ2) is 4.09. The van der Waals surface area contributed by atoms with E-state index >= 15 is 0 Å². The molecule has 1 aliphatic rings. The van der Waals surface area contributed by atoms with Crippen LogP contribution >= 0.6 is 0 Å². The SMILES string of the molecule is O=C(/C=C/N1CCC1)c1ccccc1. The molecule has 1 saturated heterocycles. The summed E-state index contributed by atoms with van der Waals surface area (Å²) in [5.41, 5.74) is 0.754. The summed E-state index contributed by atoms with van der Waals surface area (Å²) in [6.45, 7) is 2.16. The van der Waals surface area contributed by atoms with Crippen LogP contribution in [0.2, 0.25) is 0 Å². The van der Waals surface area contributed by atoms with Crippen LogP contribution in [0.1, 0.15) is 16.8 Å². The van der Waals surface area contributed by atoms with Crippen LogP contribution in [-0.4, -0.2) is 23.8 Å². The van der Waals surface area contributed by atoms with Gasteiger partial charge in [-0.15, -0.1) is 0 Å². The Balaban J connectivity index is 1.98. The average molecular weight is 187 g/mol. The van der Waals surface area contributed by atoms with Gasteiger partial charge in [0.25, 0.3) is 0 Å². The highest BCUT2D eigenvalue weighted by Gasteiger charge is 2.08. The van der Waals surface area contributed by atoms with Crippen LogP contribution in [0.5, 0.6) is 0 Å². The van der Waals surface area contributed by atoms with Crippen LogP contribution < -0.4 is 0 Å². The third kappa shape index (κ3) is 2.02. The molecule has 1 fully saturated rings. The number of benzene rings is 1. The summed E-state index contributed by atoms with van der Waals surface area (Å²) >= 11 is 0. The van der Waals surface area contributed by atoms with Crippen LogP contribution in [0.25, 0.3) is 0 Å². The lowest BCUT2D eigenvalue weighted by Gasteiger charge is -2.28. The fraction of sp³-hybridized carbons (Fsp3) is 0.250. The van der Waals surface area contributed by atoms with Gasteiger partial charge in [0.15, 0.2) is 5.78 Å². The molecule has 0 aliphatic carbocycles.